The fraction of sp³-hybridized carbons (Fsp3) is 0. The zero-order valence-corrected chi connectivity index (χ0v) is 35.3. The number of benzene rings is 6. The van der Waals surface area contributed by atoms with Gasteiger partial charge in [0.05, 0.1) is 44.8 Å². The summed E-state index contributed by atoms with van der Waals surface area (Å²) in [5.41, 5.74) is 7.69. The van der Waals surface area contributed by atoms with E-state index < -0.39 is 0 Å². The van der Waals surface area contributed by atoms with Crippen LogP contribution in [0, 0.1) is 0 Å². The standard InChI is InChI=1S/C54H30N8S2/c1-5-19-42-36(15-1)48-44(25-23-34-32-13-3-7-21-46(32)63-50(34)48)61(42)53-58-52(31-29-40(38-17-9-11-27-55-38)57-41(30-31)39-18-10-12-28-56-39)59-54(60-53)62-43-20-6-2-16-37(43)49-45(62)26-24-35-33-14-4-8-22-47(33)64-51(35)49/h1-30H. The van der Waals surface area contributed by atoms with Crippen LogP contribution in [0.15, 0.2) is 182 Å². The molecule has 0 saturated heterocycles. The van der Waals surface area contributed by atoms with Crippen molar-refractivity contribution in [2.75, 3.05) is 0 Å². The summed E-state index contributed by atoms with van der Waals surface area (Å²) in [5, 5.41) is 9.65. The largest absolute Gasteiger partial charge is 0.278 e. The monoisotopic (exact) mass is 854 g/mol. The number of hydrogen-bond acceptors (Lipinski definition) is 8. The highest BCUT2D eigenvalue weighted by Gasteiger charge is 2.24. The van der Waals surface area contributed by atoms with Gasteiger partial charge in [0.25, 0.3) is 0 Å². The van der Waals surface area contributed by atoms with Crippen molar-refractivity contribution in [1.82, 2.24) is 39.0 Å². The molecule has 0 bridgehead atoms. The molecule has 8 aromatic heterocycles. The minimum absolute atomic E-state index is 0.500. The molecule has 14 aromatic rings. The summed E-state index contributed by atoms with van der Waals surface area (Å²) in [4.78, 5) is 30.9. The Morgan fingerprint density at radius 1 is 0.344 bits per heavy atom. The number of nitrogens with zero attached hydrogens (tertiary/aromatic N) is 8. The van der Waals surface area contributed by atoms with Gasteiger partial charge in [-0.25, -0.2) is 4.98 Å². The lowest BCUT2D eigenvalue weighted by atomic mass is 10.1. The van der Waals surface area contributed by atoms with Crippen molar-refractivity contribution >= 4 is 107 Å². The van der Waals surface area contributed by atoms with Gasteiger partial charge in [-0.1, -0.05) is 97.1 Å². The molecular formula is C54H30N8S2. The third kappa shape index (κ3) is 5.21. The number of fused-ring (bicyclic) bond motifs is 14. The van der Waals surface area contributed by atoms with Crippen LogP contribution < -0.4 is 0 Å². The first-order valence-electron chi connectivity index (χ1n) is 21.0. The second kappa shape index (κ2) is 13.7. The average Bonchev–Trinajstić information content (AvgIpc) is 4.12. The lowest BCUT2D eigenvalue weighted by Crippen LogP contribution is -2.10. The number of para-hydroxylation sites is 2. The summed E-state index contributed by atoms with van der Waals surface area (Å²) in [7, 11) is 0. The average molecular weight is 855 g/mol. The minimum Gasteiger partial charge on any atom is -0.278 e. The number of hydrogen-bond donors (Lipinski definition) is 0. The first-order valence-corrected chi connectivity index (χ1v) is 22.7. The maximum atomic E-state index is 5.52. The van der Waals surface area contributed by atoms with E-state index in [1.165, 1.54) is 51.1 Å². The molecule has 6 aromatic carbocycles. The molecule has 0 spiro atoms. The molecule has 64 heavy (non-hydrogen) atoms. The fourth-order valence-corrected chi connectivity index (χ4v) is 12.1. The van der Waals surface area contributed by atoms with E-state index in [0.29, 0.717) is 29.1 Å². The molecule has 0 aliphatic carbocycles. The zero-order chi connectivity index (χ0) is 41.9. The van der Waals surface area contributed by atoms with Gasteiger partial charge >= 0.3 is 0 Å². The van der Waals surface area contributed by atoms with Gasteiger partial charge < -0.3 is 0 Å². The summed E-state index contributed by atoms with van der Waals surface area (Å²) in [6.45, 7) is 0. The summed E-state index contributed by atoms with van der Waals surface area (Å²) >= 11 is 3.66. The first-order chi connectivity index (χ1) is 31.7. The molecule has 0 aliphatic heterocycles. The lowest BCUT2D eigenvalue weighted by Gasteiger charge is -2.14. The highest BCUT2D eigenvalue weighted by atomic mass is 32.1. The third-order valence-corrected chi connectivity index (χ3v) is 14.7. The van der Waals surface area contributed by atoms with Crippen molar-refractivity contribution in [2.45, 2.75) is 0 Å². The van der Waals surface area contributed by atoms with Gasteiger partial charge in [-0.15, -0.1) is 22.7 Å². The summed E-state index contributed by atoms with van der Waals surface area (Å²) in [6, 6.07) is 59.2. The maximum absolute atomic E-state index is 5.52. The Kier molecular flexibility index (Phi) is 7.56. The minimum atomic E-state index is 0.500. The molecule has 8 heterocycles. The number of thiophene rings is 2. The number of aromatic nitrogens is 8. The molecule has 0 N–H and O–H groups in total. The summed E-state index contributed by atoms with van der Waals surface area (Å²) < 4.78 is 9.43. The van der Waals surface area contributed by atoms with E-state index in [1.54, 1.807) is 12.4 Å². The van der Waals surface area contributed by atoms with Gasteiger partial charge in [0.2, 0.25) is 11.9 Å². The lowest BCUT2D eigenvalue weighted by molar-refractivity contribution is 0.893. The van der Waals surface area contributed by atoms with Crippen LogP contribution in [-0.2, 0) is 0 Å². The molecule has 0 unspecified atom stereocenters. The third-order valence-electron chi connectivity index (χ3n) is 12.3. The van der Waals surface area contributed by atoms with E-state index in [2.05, 4.69) is 130 Å². The van der Waals surface area contributed by atoms with Crippen molar-refractivity contribution in [3.05, 3.63) is 182 Å². The van der Waals surface area contributed by atoms with E-state index >= 15 is 0 Å². The predicted molar refractivity (Wildman–Crippen MR) is 264 cm³/mol. The molecule has 298 valence electrons. The van der Waals surface area contributed by atoms with Crippen molar-refractivity contribution in [3.63, 3.8) is 0 Å². The van der Waals surface area contributed by atoms with Gasteiger partial charge in [0, 0.05) is 79.8 Å². The molecule has 0 aliphatic rings. The Hall–Kier alpha value is -8.18. The predicted octanol–water partition coefficient (Wildman–Crippen LogP) is 14.0. The van der Waals surface area contributed by atoms with Crippen LogP contribution >= 0.6 is 22.7 Å². The Labute approximate surface area is 372 Å². The molecule has 10 heteroatoms. The molecule has 14 rings (SSSR count). The SMILES string of the molecule is c1ccc(-c2cc(-c3nc(-n4c5ccccc5c5c6sc7ccccc7c6ccc54)nc(-n4c5ccccc5c5c6sc7ccccc7c6ccc54)n3)cc(-c3ccccn3)n2)nc1. The Morgan fingerprint density at radius 2 is 0.797 bits per heavy atom. The maximum Gasteiger partial charge on any atom is 0.240 e. The Balaban J connectivity index is 1.11. The molecule has 0 amide bonds. The van der Waals surface area contributed by atoms with Gasteiger partial charge in [-0.2, -0.15) is 15.0 Å². The topological polar surface area (TPSA) is 87.2 Å². The van der Waals surface area contributed by atoms with Crippen LogP contribution in [0.25, 0.3) is 130 Å². The molecule has 0 radical (unpaired) electrons. The van der Waals surface area contributed by atoms with E-state index in [-0.39, 0.29) is 0 Å². The van der Waals surface area contributed by atoms with Crippen LogP contribution in [0.5, 0.6) is 0 Å². The number of rotatable bonds is 5. The first kappa shape index (κ1) is 35.4. The van der Waals surface area contributed by atoms with Crippen LogP contribution in [0.2, 0.25) is 0 Å². The van der Waals surface area contributed by atoms with Gasteiger partial charge in [-0.05, 0) is 72.8 Å². The zero-order valence-electron chi connectivity index (χ0n) is 33.7. The highest BCUT2D eigenvalue weighted by Crippen LogP contribution is 2.45. The van der Waals surface area contributed by atoms with Crippen LogP contribution in [0.1, 0.15) is 0 Å². The van der Waals surface area contributed by atoms with Crippen LogP contribution in [-0.4, -0.2) is 39.0 Å². The second-order valence-corrected chi connectivity index (χ2v) is 18.0. The quantitative estimate of drug-likeness (QED) is 0.171. The smallest absolute Gasteiger partial charge is 0.240 e. The van der Waals surface area contributed by atoms with Gasteiger partial charge in [0.1, 0.15) is 0 Å². The van der Waals surface area contributed by atoms with E-state index in [0.717, 1.165) is 49.8 Å². The fourth-order valence-electron chi connectivity index (χ4n) is 9.53. The second-order valence-electron chi connectivity index (χ2n) is 15.9. The molecule has 0 fully saturated rings. The molecule has 0 atom stereocenters. The van der Waals surface area contributed by atoms with Crippen molar-refractivity contribution in [3.8, 4) is 46.1 Å². The summed E-state index contributed by atoms with van der Waals surface area (Å²) in [6.07, 6.45) is 3.57. The highest BCUT2D eigenvalue weighted by molar-refractivity contribution is 7.27. The van der Waals surface area contributed by atoms with Crippen molar-refractivity contribution in [1.29, 1.82) is 0 Å². The van der Waals surface area contributed by atoms with Crippen LogP contribution in [0.4, 0.5) is 0 Å². The normalized spacial score (nSPS) is 12.1. The molecule has 8 nitrogen and oxygen atoms in total. The molecule has 0 saturated carbocycles. The van der Waals surface area contributed by atoms with Gasteiger partial charge in [0.15, 0.2) is 5.82 Å². The van der Waals surface area contributed by atoms with Crippen molar-refractivity contribution in [2.24, 2.45) is 0 Å². The number of pyridine rings is 3. The van der Waals surface area contributed by atoms with E-state index in [1.807, 2.05) is 71.2 Å². The van der Waals surface area contributed by atoms with Crippen LogP contribution in [0.3, 0.4) is 0 Å². The van der Waals surface area contributed by atoms with E-state index in [4.69, 9.17) is 29.9 Å². The Bertz CT molecular complexity index is 3940. The van der Waals surface area contributed by atoms with Crippen molar-refractivity contribution < 1.29 is 0 Å². The summed E-state index contributed by atoms with van der Waals surface area (Å²) in [5.74, 6) is 1.52. The van der Waals surface area contributed by atoms with Gasteiger partial charge in [-0.3, -0.25) is 19.1 Å². The Morgan fingerprint density at radius 3 is 1.28 bits per heavy atom. The van der Waals surface area contributed by atoms with E-state index in [9.17, 15) is 0 Å². The molecular weight excluding hydrogens is 825 g/mol.